The molecule has 0 amide bonds. The first-order chi connectivity index (χ1) is 28.0. The molecule has 57 heavy (non-hydrogen) atoms. The zero-order valence-corrected chi connectivity index (χ0v) is 32.9. The van der Waals surface area contributed by atoms with Gasteiger partial charge in [-0.05, 0) is 79.6 Å². The molecule has 10 rings (SSSR count). The zero-order valence-electron chi connectivity index (χ0n) is 31.9. The minimum atomic E-state index is -2.09. The van der Waals surface area contributed by atoms with Crippen LogP contribution < -0.4 is 10.4 Å². The maximum atomic E-state index is 5.37. The van der Waals surface area contributed by atoms with Gasteiger partial charge in [-0.15, -0.1) is 0 Å². The van der Waals surface area contributed by atoms with Crippen LogP contribution in [0.4, 0.5) is 0 Å². The molecule has 9 aromatic rings. The molecule has 0 atom stereocenters. The summed E-state index contributed by atoms with van der Waals surface area (Å²) in [5.41, 5.74) is 16.5. The Morgan fingerprint density at radius 1 is 0.316 bits per heavy atom. The molecule has 0 saturated heterocycles. The molecule has 2 aromatic heterocycles. The second kappa shape index (κ2) is 14.2. The Balaban J connectivity index is 1.05. The van der Waals surface area contributed by atoms with Crippen molar-refractivity contribution in [2.24, 2.45) is 0 Å². The van der Waals surface area contributed by atoms with Crippen molar-refractivity contribution in [1.29, 1.82) is 0 Å². The third-order valence-corrected chi connectivity index (χ3v) is 14.8. The summed E-state index contributed by atoms with van der Waals surface area (Å²) >= 11 is 0. The lowest BCUT2D eigenvalue weighted by molar-refractivity contribution is 1.20. The van der Waals surface area contributed by atoms with E-state index in [2.05, 4.69) is 201 Å². The summed E-state index contributed by atoms with van der Waals surface area (Å²) in [5, 5.41) is 2.73. The maximum Gasteiger partial charge on any atom is 0.160 e. The molecule has 3 heterocycles. The van der Waals surface area contributed by atoms with Crippen LogP contribution in [0, 0.1) is 0 Å². The Kier molecular flexibility index (Phi) is 8.62. The summed E-state index contributed by atoms with van der Waals surface area (Å²) in [4.78, 5) is 15.8. The van der Waals surface area contributed by atoms with E-state index in [1.54, 1.807) is 0 Å². The second-order valence-corrected chi connectivity index (χ2v) is 19.5. The molecule has 0 unspecified atom stereocenters. The SMILES string of the molecule is C[Si]1(C)c2ccccc2-c2nc(-c3ccccc3)nc(-c3cccc(-c4cccc(-c5cccc(-c6cc(-c7ccccc7)cc(-c7ccccc7)n6)c5)c4)c3)c21. The smallest absolute Gasteiger partial charge is 0.160 e. The van der Waals surface area contributed by atoms with E-state index in [0.717, 1.165) is 78.7 Å². The number of hydrogen-bond donors (Lipinski definition) is 0. The molecule has 1 aliphatic heterocycles. The molecule has 0 N–H and O–H groups in total. The van der Waals surface area contributed by atoms with E-state index in [1.807, 2.05) is 12.1 Å². The van der Waals surface area contributed by atoms with Crippen LogP contribution in [0.15, 0.2) is 200 Å². The average molecular weight is 746 g/mol. The normalized spacial score (nSPS) is 12.5. The van der Waals surface area contributed by atoms with Gasteiger partial charge in [0.2, 0.25) is 0 Å². The first-order valence-corrected chi connectivity index (χ1v) is 22.5. The van der Waals surface area contributed by atoms with Crippen molar-refractivity contribution in [1.82, 2.24) is 15.0 Å². The summed E-state index contributed by atoms with van der Waals surface area (Å²) in [6.45, 7) is 4.87. The van der Waals surface area contributed by atoms with Crippen LogP contribution in [-0.4, -0.2) is 23.0 Å². The van der Waals surface area contributed by atoms with Crippen molar-refractivity contribution in [2.75, 3.05) is 0 Å². The summed E-state index contributed by atoms with van der Waals surface area (Å²) < 4.78 is 0. The maximum absolute atomic E-state index is 5.37. The fraction of sp³-hybridized carbons (Fsp3) is 0.0377. The molecular weight excluding hydrogens is 707 g/mol. The lowest BCUT2D eigenvalue weighted by Crippen LogP contribution is -2.50. The lowest BCUT2D eigenvalue weighted by atomic mass is 9.95. The molecule has 0 aliphatic carbocycles. The zero-order chi connectivity index (χ0) is 38.3. The molecular formula is C53H39N3Si. The van der Waals surface area contributed by atoms with Crippen molar-refractivity contribution >= 4 is 18.4 Å². The van der Waals surface area contributed by atoms with E-state index in [-0.39, 0.29) is 0 Å². The molecule has 7 aromatic carbocycles. The molecule has 0 fully saturated rings. The van der Waals surface area contributed by atoms with Gasteiger partial charge in [-0.3, -0.25) is 0 Å². The monoisotopic (exact) mass is 745 g/mol. The molecule has 4 heteroatoms. The Labute approximate surface area is 335 Å². The average Bonchev–Trinajstić information content (AvgIpc) is 3.52. The summed E-state index contributed by atoms with van der Waals surface area (Å²) in [7, 11) is -2.09. The van der Waals surface area contributed by atoms with E-state index < -0.39 is 8.07 Å². The summed E-state index contributed by atoms with van der Waals surface area (Å²) in [5.74, 6) is 0.762. The van der Waals surface area contributed by atoms with Gasteiger partial charge in [-0.2, -0.15) is 0 Å². The van der Waals surface area contributed by atoms with E-state index in [4.69, 9.17) is 15.0 Å². The minimum Gasteiger partial charge on any atom is -0.248 e. The number of nitrogens with zero attached hydrogens (tertiary/aromatic N) is 3. The predicted octanol–water partition coefficient (Wildman–Crippen LogP) is 12.3. The van der Waals surface area contributed by atoms with Crippen LogP contribution in [-0.2, 0) is 0 Å². The highest BCUT2D eigenvalue weighted by atomic mass is 28.3. The Morgan fingerprint density at radius 3 is 1.39 bits per heavy atom. The van der Waals surface area contributed by atoms with Crippen LogP contribution in [0.1, 0.15) is 0 Å². The van der Waals surface area contributed by atoms with Gasteiger partial charge in [0, 0.05) is 22.3 Å². The van der Waals surface area contributed by atoms with Gasteiger partial charge in [0.25, 0.3) is 0 Å². The van der Waals surface area contributed by atoms with Crippen LogP contribution in [0.3, 0.4) is 0 Å². The van der Waals surface area contributed by atoms with Crippen molar-refractivity contribution in [3.63, 3.8) is 0 Å². The molecule has 3 nitrogen and oxygen atoms in total. The van der Waals surface area contributed by atoms with E-state index in [0.29, 0.717) is 0 Å². The number of benzene rings is 7. The van der Waals surface area contributed by atoms with Gasteiger partial charge in [0.15, 0.2) is 5.82 Å². The fourth-order valence-electron chi connectivity index (χ4n) is 8.36. The first kappa shape index (κ1) is 34.5. The van der Waals surface area contributed by atoms with Gasteiger partial charge in [-0.25, -0.2) is 15.0 Å². The van der Waals surface area contributed by atoms with E-state index >= 15 is 0 Å². The van der Waals surface area contributed by atoms with Gasteiger partial charge in [0.05, 0.1) is 22.8 Å². The van der Waals surface area contributed by atoms with Crippen molar-refractivity contribution < 1.29 is 0 Å². The van der Waals surface area contributed by atoms with Gasteiger partial charge in [0.1, 0.15) is 8.07 Å². The fourth-order valence-corrected chi connectivity index (χ4v) is 11.6. The Bertz CT molecular complexity index is 2860. The van der Waals surface area contributed by atoms with Crippen molar-refractivity contribution in [2.45, 2.75) is 13.1 Å². The third kappa shape index (κ3) is 6.40. The second-order valence-electron chi connectivity index (χ2n) is 15.3. The number of pyridine rings is 1. The number of rotatable bonds is 7. The van der Waals surface area contributed by atoms with Crippen LogP contribution in [0.2, 0.25) is 13.1 Å². The van der Waals surface area contributed by atoms with Crippen molar-refractivity contribution in [3.05, 3.63) is 200 Å². The molecule has 1 aliphatic rings. The van der Waals surface area contributed by atoms with Crippen molar-refractivity contribution in [3.8, 4) is 89.8 Å². The highest BCUT2D eigenvalue weighted by Gasteiger charge is 2.41. The lowest BCUT2D eigenvalue weighted by Gasteiger charge is -2.22. The van der Waals surface area contributed by atoms with E-state index in [1.165, 1.54) is 21.5 Å². The van der Waals surface area contributed by atoms with Gasteiger partial charge < -0.3 is 0 Å². The highest BCUT2D eigenvalue weighted by Crippen LogP contribution is 2.37. The Hall–Kier alpha value is -7.01. The molecule has 0 saturated carbocycles. The topological polar surface area (TPSA) is 38.7 Å². The van der Waals surface area contributed by atoms with Gasteiger partial charge in [-0.1, -0.05) is 183 Å². The summed E-state index contributed by atoms with van der Waals surface area (Å²) in [6.07, 6.45) is 0. The van der Waals surface area contributed by atoms with Crippen LogP contribution in [0.25, 0.3) is 89.8 Å². The highest BCUT2D eigenvalue weighted by molar-refractivity contribution is 7.04. The van der Waals surface area contributed by atoms with Gasteiger partial charge >= 0.3 is 0 Å². The number of fused-ring (bicyclic) bond motifs is 3. The molecule has 270 valence electrons. The van der Waals surface area contributed by atoms with E-state index in [9.17, 15) is 0 Å². The van der Waals surface area contributed by atoms with Crippen LogP contribution in [0.5, 0.6) is 0 Å². The minimum absolute atomic E-state index is 0.762. The molecule has 0 bridgehead atoms. The molecule has 0 spiro atoms. The quantitative estimate of drug-likeness (QED) is 0.153. The standard InChI is InChI=1S/C53H39N3Si/c1-57(2)49-30-13-12-29-46(49)51-52(57)50(55-53(56-51)38-21-10-5-11-22-38)44-28-16-26-42(33-44)40-24-14-23-39(31-40)41-25-15-27-43(32-41)48-35-45(36-17-6-3-7-18-36)34-47(54-48)37-19-8-4-9-20-37/h3-35H,1-2H3. The largest absolute Gasteiger partial charge is 0.248 e. The van der Waals surface area contributed by atoms with Crippen LogP contribution >= 0.6 is 0 Å². The Morgan fingerprint density at radius 2 is 0.754 bits per heavy atom. The number of hydrogen-bond acceptors (Lipinski definition) is 3. The number of aromatic nitrogens is 3. The third-order valence-electron chi connectivity index (χ3n) is 11.2. The first-order valence-electron chi connectivity index (χ1n) is 19.5. The summed E-state index contributed by atoms with van der Waals surface area (Å²) in [6, 6.07) is 71.1. The predicted molar refractivity (Wildman–Crippen MR) is 240 cm³/mol. The molecule has 0 radical (unpaired) electrons.